The van der Waals surface area contributed by atoms with Crippen molar-refractivity contribution in [3.63, 3.8) is 0 Å². The van der Waals surface area contributed by atoms with E-state index in [1.165, 1.54) is 0 Å². The zero-order chi connectivity index (χ0) is 6.85. The summed E-state index contributed by atoms with van der Waals surface area (Å²) in [5.41, 5.74) is 5.30. The Kier molecular flexibility index (Phi) is 3.68. The summed E-state index contributed by atoms with van der Waals surface area (Å²) in [4.78, 5) is 10.2. The number of nitrogens with two attached hydrogens (primary N) is 1. The van der Waals surface area contributed by atoms with Gasteiger partial charge in [-0.3, -0.25) is 4.79 Å². The minimum absolute atomic E-state index is 0. The highest BCUT2D eigenvalue weighted by Gasteiger charge is 2.32. The van der Waals surface area contributed by atoms with E-state index in [0.29, 0.717) is 12.5 Å². The van der Waals surface area contributed by atoms with E-state index in [4.69, 9.17) is 10.8 Å². The second-order valence-corrected chi connectivity index (χ2v) is 2.61. The lowest BCUT2D eigenvalue weighted by atomic mass is 9.75. The lowest BCUT2D eigenvalue weighted by Gasteiger charge is -2.30. The van der Waals surface area contributed by atoms with Gasteiger partial charge in [0.2, 0.25) is 0 Å². The SMILES string of the molecule is Cl.NC[C@H]1C[C@H](C(=O)O)C1. The van der Waals surface area contributed by atoms with Gasteiger partial charge >= 0.3 is 5.97 Å². The Bertz CT molecular complexity index is 123. The Morgan fingerprint density at radius 3 is 2.40 bits per heavy atom. The molecule has 0 bridgehead atoms. The van der Waals surface area contributed by atoms with Gasteiger partial charge in [-0.2, -0.15) is 0 Å². The van der Waals surface area contributed by atoms with Crippen molar-refractivity contribution >= 4 is 18.4 Å². The van der Waals surface area contributed by atoms with Gasteiger partial charge in [0.05, 0.1) is 5.92 Å². The van der Waals surface area contributed by atoms with E-state index in [2.05, 4.69) is 0 Å². The van der Waals surface area contributed by atoms with Gasteiger partial charge in [-0.1, -0.05) is 0 Å². The number of hydrogen-bond acceptors (Lipinski definition) is 2. The molecule has 1 fully saturated rings. The van der Waals surface area contributed by atoms with Crippen LogP contribution in [0.3, 0.4) is 0 Å². The molecule has 4 heteroatoms. The molecule has 10 heavy (non-hydrogen) atoms. The molecule has 3 nitrogen and oxygen atoms in total. The molecule has 0 heterocycles. The maximum atomic E-state index is 10.2. The Morgan fingerprint density at radius 2 is 2.10 bits per heavy atom. The first-order valence-electron chi connectivity index (χ1n) is 3.17. The van der Waals surface area contributed by atoms with Crippen molar-refractivity contribution in [3.8, 4) is 0 Å². The third kappa shape index (κ3) is 1.85. The summed E-state index contributed by atoms with van der Waals surface area (Å²) >= 11 is 0. The van der Waals surface area contributed by atoms with Crippen LogP contribution in [-0.2, 0) is 4.79 Å². The quantitative estimate of drug-likeness (QED) is 0.626. The Labute approximate surface area is 66.0 Å². The topological polar surface area (TPSA) is 63.3 Å². The molecule has 1 aliphatic rings. The minimum atomic E-state index is -0.667. The van der Waals surface area contributed by atoms with Crippen LogP contribution in [0, 0.1) is 11.8 Å². The van der Waals surface area contributed by atoms with Crippen molar-refractivity contribution in [2.45, 2.75) is 12.8 Å². The molecule has 0 aromatic carbocycles. The molecule has 0 aromatic rings. The Morgan fingerprint density at radius 1 is 1.60 bits per heavy atom. The first-order valence-corrected chi connectivity index (χ1v) is 3.17. The van der Waals surface area contributed by atoms with Gasteiger partial charge in [0, 0.05) is 0 Å². The number of carboxylic acid groups (broad SMARTS) is 1. The van der Waals surface area contributed by atoms with Crippen LogP contribution in [0.5, 0.6) is 0 Å². The fourth-order valence-corrected chi connectivity index (χ4v) is 1.13. The highest BCUT2D eigenvalue weighted by Crippen LogP contribution is 2.32. The Balaban J connectivity index is 0.000000810. The molecule has 1 rings (SSSR count). The lowest BCUT2D eigenvalue weighted by molar-refractivity contribution is -0.146. The highest BCUT2D eigenvalue weighted by molar-refractivity contribution is 5.85. The molecule has 0 atom stereocenters. The molecule has 0 unspecified atom stereocenters. The Hall–Kier alpha value is -0.280. The number of halogens is 1. The van der Waals surface area contributed by atoms with Crippen LogP contribution in [0.15, 0.2) is 0 Å². The zero-order valence-corrected chi connectivity index (χ0v) is 6.43. The summed E-state index contributed by atoms with van der Waals surface area (Å²) < 4.78 is 0. The van der Waals surface area contributed by atoms with Gasteiger partial charge < -0.3 is 10.8 Å². The van der Waals surface area contributed by atoms with Crippen molar-refractivity contribution in [3.05, 3.63) is 0 Å². The lowest BCUT2D eigenvalue weighted by Crippen LogP contribution is -2.34. The van der Waals surface area contributed by atoms with Crippen molar-refractivity contribution < 1.29 is 9.90 Å². The molecular formula is C6H12ClNO2. The molecule has 0 radical (unpaired) electrons. The van der Waals surface area contributed by atoms with Gasteiger partial charge in [-0.05, 0) is 25.3 Å². The van der Waals surface area contributed by atoms with Crippen molar-refractivity contribution in [1.82, 2.24) is 0 Å². The third-order valence-corrected chi connectivity index (χ3v) is 1.92. The summed E-state index contributed by atoms with van der Waals surface area (Å²) in [5, 5.41) is 8.41. The molecular weight excluding hydrogens is 154 g/mol. The largest absolute Gasteiger partial charge is 0.481 e. The van der Waals surface area contributed by atoms with E-state index in [-0.39, 0.29) is 18.3 Å². The summed E-state index contributed by atoms with van der Waals surface area (Å²) in [6, 6.07) is 0. The second-order valence-electron chi connectivity index (χ2n) is 2.61. The van der Waals surface area contributed by atoms with Crippen LogP contribution >= 0.6 is 12.4 Å². The van der Waals surface area contributed by atoms with E-state index in [1.807, 2.05) is 0 Å². The fraction of sp³-hybridized carbons (Fsp3) is 0.833. The fourth-order valence-electron chi connectivity index (χ4n) is 1.13. The number of carbonyl (C=O) groups is 1. The van der Waals surface area contributed by atoms with Gasteiger partial charge in [-0.25, -0.2) is 0 Å². The average Bonchev–Trinajstić information content (AvgIpc) is 1.61. The van der Waals surface area contributed by atoms with Crippen molar-refractivity contribution in [2.24, 2.45) is 17.6 Å². The summed E-state index contributed by atoms with van der Waals surface area (Å²) in [5.74, 6) is -0.288. The number of aliphatic carboxylic acids is 1. The standard InChI is InChI=1S/C6H11NO2.ClH/c7-3-4-1-5(2-4)6(8)9;/h4-5H,1-3,7H2,(H,8,9);1H/t4-,5-;. The van der Waals surface area contributed by atoms with E-state index in [9.17, 15) is 4.79 Å². The first-order chi connectivity index (χ1) is 4.24. The number of carboxylic acids is 1. The maximum Gasteiger partial charge on any atom is 0.306 e. The average molecular weight is 166 g/mol. The van der Waals surface area contributed by atoms with Crippen LogP contribution in [-0.4, -0.2) is 17.6 Å². The molecule has 0 amide bonds. The smallest absolute Gasteiger partial charge is 0.306 e. The van der Waals surface area contributed by atoms with Crippen LogP contribution in [0.1, 0.15) is 12.8 Å². The van der Waals surface area contributed by atoms with Crippen LogP contribution < -0.4 is 5.73 Å². The van der Waals surface area contributed by atoms with Crippen LogP contribution in [0.25, 0.3) is 0 Å². The maximum absolute atomic E-state index is 10.2. The van der Waals surface area contributed by atoms with Crippen molar-refractivity contribution in [1.29, 1.82) is 0 Å². The molecule has 0 saturated heterocycles. The number of hydrogen-bond donors (Lipinski definition) is 2. The number of rotatable bonds is 2. The van der Waals surface area contributed by atoms with Gasteiger partial charge in [-0.15, -0.1) is 12.4 Å². The molecule has 1 aliphatic carbocycles. The van der Waals surface area contributed by atoms with Gasteiger partial charge in [0.1, 0.15) is 0 Å². The van der Waals surface area contributed by atoms with Crippen LogP contribution in [0.4, 0.5) is 0 Å². The van der Waals surface area contributed by atoms with E-state index < -0.39 is 5.97 Å². The minimum Gasteiger partial charge on any atom is -0.481 e. The molecule has 0 spiro atoms. The first kappa shape index (κ1) is 9.72. The normalized spacial score (nSPS) is 30.1. The third-order valence-electron chi connectivity index (χ3n) is 1.92. The summed E-state index contributed by atoms with van der Waals surface area (Å²) in [7, 11) is 0. The molecule has 0 aliphatic heterocycles. The predicted molar refractivity (Wildman–Crippen MR) is 40.2 cm³/mol. The zero-order valence-electron chi connectivity index (χ0n) is 5.62. The second kappa shape index (κ2) is 3.78. The molecule has 3 N–H and O–H groups in total. The van der Waals surface area contributed by atoms with E-state index in [0.717, 1.165) is 12.8 Å². The van der Waals surface area contributed by atoms with Crippen LogP contribution in [0.2, 0.25) is 0 Å². The van der Waals surface area contributed by atoms with Gasteiger partial charge in [0.25, 0.3) is 0 Å². The monoisotopic (exact) mass is 165 g/mol. The molecule has 60 valence electrons. The highest BCUT2D eigenvalue weighted by atomic mass is 35.5. The molecule has 1 saturated carbocycles. The van der Waals surface area contributed by atoms with E-state index >= 15 is 0 Å². The predicted octanol–water partition coefficient (Wildman–Crippen LogP) is 0.478. The summed E-state index contributed by atoms with van der Waals surface area (Å²) in [6.07, 6.45) is 1.57. The summed E-state index contributed by atoms with van der Waals surface area (Å²) in [6.45, 7) is 0.643. The molecule has 0 aromatic heterocycles. The van der Waals surface area contributed by atoms with Gasteiger partial charge in [0.15, 0.2) is 0 Å². The van der Waals surface area contributed by atoms with E-state index in [1.54, 1.807) is 0 Å². The van der Waals surface area contributed by atoms with Crippen molar-refractivity contribution in [2.75, 3.05) is 6.54 Å².